The van der Waals surface area contributed by atoms with Gasteiger partial charge in [-0.2, -0.15) is 0 Å². The Balaban J connectivity index is 1.87. The zero-order valence-electron chi connectivity index (χ0n) is 11.7. The zero-order valence-corrected chi connectivity index (χ0v) is 12.4. The van der Waals surface area contributed by atoms with E-state index in [9.17, 15) is 14.4 Å². The Morgan fingerprint density at radius 1 is 1.13 bits per heavy atom. The molecule has 0 aliphatic carbocycles. The maximum atomic E-state index is 11.7. The van der Waals surface area contributed by atoms with E-state index in [1.54, 1.807) is 0 Å². The van der Waals surface area contributed by atoms with Crippen LogP contribution < -0.4 is 5.32 Å². The predicted octanol–water partition coefficient (Wildman–Crippen LogP) is 2.23. The summed E-state index contributed by atoms with van der Waals surface area (Å²) in [5, 5.41) is 11.4. The lowest BCUT2D eigenvalue weighted by Crippen LogP contribution is -2.21. The average Bonchev–Trinajstić information content (AvgIpc) is 2.53. The van der Waals surface area contributed by atoms with Gasteiger partial charge in [0.05, 0.1) is 11.1 Å². The first-order valence-corrected chi connectivity index (χ1v) is 6.75. The van der Waals surface area contributed by atoms with E-state index < -0.39 is 24.5 Å². The lowest BCUT2D eigenvalue weighted by molar-refractivity contribution is -0.119. The molecular weight excluding hydrogens is 324 g/mol. The highest BCUT2D eigenvalue weighted by atomic mass is 35.5. The molecule has 23 heavy (non-hydrogen) atoms. The molecule has 8 heteroatoms. The third kappa shape index (κ3) is 4.79. The molecular formula is C15H11ClN2O5. The second kappa shape index (κ2) is 7.37. The molecule has 1 aromatic carbocycles. The smallest absolute Gasteiger partial charge is 0.338 e. The van der Waals surface area contributed by atoms with Crippen LogP contribution >= 0.6 is 11.6 Å². The number of carboxylic acids is 1. The van der Waals surface area contributed by atoms with E-state index in [4.69, 9.17) is 21.4 Å². The number of carboxylic acid groups (broad SMARTS) is 1. The van der Waals surface area contributed by atoms with Gasteiger partial charge in [-0.15, -0.1) is 0 Å². The number of carbonyl (C=O) groups is 3. The van der Waals surface area contributed by atoms with Gasteiger partial charge < -0.3 is 15.2 Å². The molecule has 0 radical (unpaired) electrons. The molecule has 0 bridgehead atoms. The first kappa shape index (κ1) is 16.4. The number of nitrogens with zero attached hydrogens (tertiary/aromatic N) is 1. The molecule has 0 atom stereocenters. The van der Waals surface area contributed by atoms with Gasteiger partial charge in [0.25, 0.3) is 5.91 Å². The SMILES string of the molecule is O=C(COC(=O)c1ccnc(Cl)c1)Nc1ccc(C(=O)O)cc1. The number of rotatable bonds is 5. The molecule has 7 nitrogen and oxygen atoms in total. The normalized spacial score (nSPS) is 9.96. The van der Waals surface area contributed by atoms with Gasteiger partial charge in [0.15, 0.2) is 6.61 Å². The summed E-state index contributed by atoms with van der Waals surface area (Å²) in [5.74, 6) is -2.32. The van der Waals surface area contributed by atoms with Crippen molar-refractivity contribution in [1.29, 1.82) is 0 Å². The summed E-state index contributed by atoms with van der Waals surface area (Å²) >= 11 is 5.65. The van der Waals surface area contributed by atoms with Crippen molar-refractivity contribution in [2.45, 2.75) is 0 Å². The summed E-state index contributed by atoms with van der Waals surface area (Å²) in [6.45, 7) is -0.487. The first-order valence-electron chi connectivity index (χ1n) is 6.37. The Labute approximate surface area is 135 Å². The Hall–Kier alpha value is -2.93. The number of hydrogen-bond donors (Lipinski definition) is 2. The number of aromatic carboxylic acids is 1. The van der Waals surface area contributed by atoms with Crippen molar-refractivity contribution in [3.05, 3.63) is 58.9 Å². The monoisotopic (exact) mass is 334 g/mol. The molecule has 118 valence electrons. The van der Waals surface area contributed by atoms with Crippen LogP contribution in [0.5, 0.6) is 0 Å². The Kier molecular flexibility index (Phi) is 5.27. The Morgan fingerprint density at radius 3 is 2.43 bits per heavy atom. The van der Waals surface area contributed by atoms with E-state index in [0.717, 1.165) is 0 Å². The van der Waals surface area contributed by atoms with E-state index in [0.29, 0.717) is 5.69 Å². The quantitative estimate of drug-likeness (QED) is 0.641. The molecule has 0 saturated carbocycles. The molecule has 0 aliphatic rings. The van der Waals surface area contributed by atoms with E-state index >= 15 is 0 Å². The Bertz CT molecular complexity index is 746. The van der Waals surface area contributed by atoms with Crippen LogP contribution in [-0.2, 0) is 9.53 Å². The van der Waals surface area contributed by atoms with Gasteiger partial charge in [-0.05, 0) is 36.4 Å². The summed E-state index contributed by atoms with van der Waals surface area (Å²) < 4.78 is 4.85. The summed E-state index contributed by atoms with van der Waals surface area (Å²) in [6.07, 6.45) is 1.35. The van der Waals surface area contributed by atoms with Crippen molar-refractivity contribution in [2.24, 2.45) is 0 Å². The molecule has 0 spiro atoms. The molecule has 0 fully saturated rings. The zero-order chi connectivity index (χ0) is 16.8. The number of carbonyl (C=O) groups excluding carboxylic acids is 2. The Morgan fingerprint density at radius 2 is 1.83 bits per heavy atom. The maximum absolute atomic E-state index is 11.7. The van der Waals surface area contributed by atoms with Crippen molar-refractivity contribution in [3.8, 4) is 0 Å². The maximum Gasteiger partial charge on any atom is 0.338 e. The average molecular weight is 335 g/mol. The molecule has 1 aromatic heterocycles. The molecule has 1 heterocycles. The largest absolute Gasteiger partial charge is 0.478 e. The summed E-state index contributed by atoms with van der Waals surface area (Å²) in [7, 11) is 0. The number of hydrogen-bond acceptors (Lipinski definition) is 5. The minimum atomic E-state index is -1.06. The highest BCUT2D eigenvalue weighted by Crippen LogP contribution is 2.10. The van der Waals surface area contributed by atoms with Gasteiger partial charge in [-0.3, -0.25) is 4.79 Å². The van der Waals surface area contributed by atoms with Crippen LogP contribution in [0.1, 0.15) is 20.7 Å². The predicted molar refractivity (Wildman–Crippen MR) is 81.6 cm³/mol. The van der Waals surface area contributed by atoms with Crippen LogP contribution in [0.25, 0.3) is 0 Å². The van der Waals surface area contributed by atoms with Crippen LogP contribution in [0.4, 0.5) is 5.69 Å². The fraction of sp³-hybridized carbons (Fsp3) is 0.0667. The molecule has 1 amide bonds. The number of anilines is 1. The molecule has 2 aromatic rings. The van der Waals surface area contributed by atoms with Crippen LogP contribution in [0.15, 0.2) is 42.6 Å². The van der Waals surface area contributed by atoms with E-state index in [2.05, 4.69) is 10.3 Å². The number of pyridine rings is 1. The third-order valence-corrected chi connectivity index (χ3v) is 2.92. The number of amides is 1. The van der Waals surface area contributed by atoms with E-state index in [-0.39, 0.29) is 16.3 Å². The van der Waals surface area contributed by atoms with Crippen LogP contribution in [0, 0.1) is 0 Å². The van der Waals surface area contributed by atoms with Crippen molar-refractivity contribution in [3.63, 3.8) is 0 Å². The van der Waals surface area contributed by atoms with Gasteiger partial charge in [0.2, 0.25) is 0 Å². The third-order valence-electron chi connectivity index (χ3n) is 2.71. The minimum absolute atomic E-state index is 0.101. The van der Waals surface area contributed by atoms with E-state index in [1.807, 2.05) is 0 Å². The number of benzene rings is 1. The van der Waals surface area contributed by atoms with Crippen LogP contribution in [-0.4, -0.2) is 34.5 Å². The summed E-state index contributed by atoms with van der Waals surface area (Å²) in [4.78, 5) is 37.9. The van der Waals surface area contributed by atoms with Gasteiger partial charge >= 0.3 is 11.9 Å². The second-order valence-corrected chi connectivity index (χ2v) is 4.76. The highest BCUT2D eigenvalue weighted by molar-refractivity contribution is 6.29. The molecule has 2 rings (SSSR count). The van der Waals surface area contributed by atoms with Crippen molar-refractivity contribution < 1.29 is 24.2 Å². The standard InChI is InChI=1S/C15H11ClN2O5/c16-12-7-10(5-6-17-12)15(22)23-8-13(19)18-11-3-1-9(2-4-11)14(20)21/h1-7H,8H2,(H,18,19)(H,20,21). The number of ether oxygens (including phenoxy) is 1. The number of halogens is 1. The highest BCUT2D eigenvalue weighted by Gasteiger charge is 2.11. The number of nitrogens with one attached hydrogen (secondary N) is 1. The van der Waals surface area contributed by atoms with E-state index in [1.165, 1.54) is 42.6 Å². The minimum Gasteiger partial charge on any atom is -0.478 e. The molecule has 0 aliphatic heterocycles. The first-order chi connectivity index (χ1) is 11.0. The second-order valence-electron chi connectivity index (χ2n) is 4.37. The fourth-order valence-electron chi connectivity index (χ4n) is 1.64. The van der Waals surface area contributed by atoms with Gasteiger partial charge in [0.1, 0.15) is 5.15 Å². The van der Waals surface area contributed by atoms with Gasteiger partial charge in [0, 0.05) is 11.9 Å². The van der Waals surface area contributed by atoms with Gasteiger partial charge in [-0.1, -0.05) is 11.6 Å². The lowest BCUT2D eigenvalue weighted by Gasteiger charge is -2.07. The lowest BCUT2D eigenvalue weighted by atomic mass is 10.2. The van der Waals surface area contributed by atoms with Crippen molar-refractivity contribution in [1.82, 2.24) is 4.98 Å². The fourth-order valence-corrected chi connectivity index (χ4v) is 1.81. The molecule has 0 saturated heterocycles. The van der Waals surface area contributed by atoms with Crippen LogP contribution in [0.3, 0.4) is 0 Å². The van der Waals surface area contributed by atoms with Gasteiger partial charge in [-0.25, -0.2) is 14.6 Å². The van der Waals surface area contributed by atoms with Crippen molar-refractivity contribution >= 4 is 35.1 Å². The van der Waals surface area contributed by atoms with Crippen LogP contribution in [0.2, 0.25) is 5.15 Å². The molecule has 2 N–H and O–H groups in total. The molecule has 0 unspecified atom stereocenters. The van der Waals surface area contributed by atoms with Crippen molar-refractivity contribution in [2.75, 3.05) is 11.9 Å². The topological polar surface area (TPSA) is 106 Å². The summed E-state index contributed by atoms with van der Waals surface area (Å²) in [5.41, 5.74) is 0.676. The number of aromatic nitrogens is 1. The number of esters is 1. The summed E-state index contributed by atoms with van der Waals surface area (Å²) in [6, 6.07) is 8.31.